The van der Waals surface area contributed by atoms with Crippen molar-refractivity contribution in [3.63, 3.8) is 0 Å². The molecule has 2 heterocycles. The number of amides is 1. The van der Waals surface area contributed by atoms with E-state index in [2.05, 4.69) is 10.3 Å². The molecule has 0 aliphatic rings. The third-order valence-electron chi connectivity index (χ3n) is 4.60. The summed E-state index contributed by atoms with van der Waals surface area (Å²) in [4.78, 5) is 16.6. The van der Waals surface area contributed by atoms with Crippen molar-refractivity contribution >= 4 is 49.5 Å². The number of ether oxygens (including phenoxy) is 1. The molecule has 1 N–H and O–H groups in total. The molecule has 0 saturated carbocycles. The molecule has 9 heteroatoms. The molecule has 0 bridgehead atoms. The van der Waals surface area contributed by atoms with Gasteiger partial charge in [0.05, 0.1) is 16.9 Å². The summed E-state index contributed by atoms with van der Waals surface area (Å²) < 4.78 is 32.3. The predicted octanol–water partition coefficient (Wildman–Crippen LogP) is 4.14. The minimum Gasteiger partial charge on any atom is -0.484 e. The Hall–Kier alpha value is -3.43. The summed E-state index contributed by atoms with van der Waals surface area (Å²) in [6, 6.07) is 19.0. The minimum absolute atomic E-state index is 0.181. The molecule has 0 radical (unpaired) electrons. The first-order chi connectivity index (χ1) is 14.9. The second-order valence-electron chi connectivity index (χ2n) is 6.61. The van der Waals surface area contributed by atoms with Crippen molar-refractivity contribution in [1.82, 2.24) is 4.98 Å². The summed E-state index contributed by atoms with van der Waals surface area (Å²) in [5.74, 6) is 0.151. The van der Waals surface area contributed by atoms with Gasteiger partial charge in [-0.2, -0.15) is 0 Å². The average molecular weight is 454 g/mol. The Balaban J connectivity index is 1.39. The lowest BCUT2D eigenvalue weighted by Crippen LogP contribution is -2.25. The normalized spacial score (nSPS) is 11.3. The molecule has 0 saturated heterocycles. The lowest BCUT2D eigenvalue weighted by atomic mass is 10.2. The number of pyridine rings is 1. The van der Waals surface area contributed by atoms with Crippen LogP contribution in [0.15, 0.2) is 82.5 Å². The van der Waals surface area contributed by atoms with Gasteiger partial charge in [-0.25, -0.2) is 8.42 Å². The Morgan fingerprint density at radius 2 is 1.87 bits per heavy atom. The second kappa shape index (κ2) is 8.75. The fraction of sp³-hybridized carbons (Fsp3) is 0.0909. The number of rotatable bonds is 7. The fourth-order valence-corrected chi connectivity index (χ4v) is 5.34. The van der Waals surface area contributed by atoms with E-state index in [1.807, 2.05) is 24.3 Å². The number of nitrogens with one attached hydrogen (secondary N) is 1. The van der Waals surface area contributed by atoms with Crippen LogP contribution in [0.1, 0.15) is 0 Å². The maximum absolute atomic E-state index is 12.6. The molecule has 0 unspecified atom stereocenters. The van der Waals surface area contributed by atoms with E-state index >= 15 is 0 Å². The van der Waals surface area contributed by atoms with Crippen molar-refractivity contribution in [2.24, 2.45) is 0 Å². The van der Waals surface area contributed by atoms with Gasteiger partial charge in [-0.1, -0.05) is 12.1 Å². The van der Waals surface area contributed by atoms with Gasteiger partial charge in [0, 0.05) is 18.6 Å². The van der Waals surface area contributed by atoms with Gasteiger partial charge in [0.2, 0.25) is 0 Å². The molecule has 2 aromatic heterocycles. The van der Waals surface area contributed by atoms with Crippen molar-refractivity contribution in [2.75, 3.05) is 23.3 Å². The van der Waals surface area contributed by atoms with E-state index in [9.17, 15) is 13.2 Å². The highest BCUT2D eigenvalue weighted by atomic mass is 32.2. The summed E-state index contributed by atoms with van der Waals surface area (Å²) in [7, 11) is -2.10. The van der Waals surface area contributed by atoms with E-state index in [0.29, 0.717) is 17.1 Å². The van der Waals surface area contributed by atoms with Crippen molar-refractivity contribution in [3.05, 3.63) is 78.3 Å². The van der Waals surface area contributed by atoms with Crippen molar-refractivity contribution in [2.45, 2.75) is 4.21 Å². The van der Waals surface area contributed by atoms with Gasteiger partial charge in [-0.05, 0) is 60.0 Å². The van der Waals surface area contributed by atoms with Crippen molar-refractivity contribution < 1.29 is 17.9 Å². The highest BCUT2D eigenvalue weighted by Crippen LogP contribution is 2.27. The Morgan fingerprint density at radius 3 is 2.61 bits per heavy atom. The highest BCUT2D eigenvalue weighted by molar-refractivity contribution is 7.94. The molecule has 7 nitrogen and oxygen atoms in total. The monoisotopic (exact) mass is 453 g/mol. The van der Waals surface area contributed by atoms with Crippen LogP contribution in [0.3, 0.4) is 0 Å². The molecule has 31 heavy (non-hydrogen) atoms. The maximum atomic E-state index is 12.6. The second-order valence-corrected chi connectivity index (χ2v) is 9.75. The topological polar surface area (TPSA) is 88.6 Å². The van der Waals surface area contributed by atoms with Crippen LogP contribution in [0, 0.1) is 0 Å². The van der Waals surface area contributed by atoms with Crippen LogP contribution in [-0.4, -0.2) is 33.0 Å². The molecule has 0 atom stereocenters. The first kappa shape index (κ1) is 20.8. The van der Waals surface area contributed by atoms with Gasteiger partial charge in [-0.15, -0.1) is 11.3 Å². The van der Waals surface area contributed by atoms with Crippen molar-refractivity contribution in [1.29, 1.82) is 0 Å². The zero-order valence-corrected chi connectivity index (χ0v) is 18.2. The number of nitrogens with zero attached hydrogens (tertiary/aromatic N) is 2. The number of sulfonamides is 1. The standard InChI is InChI=1S/C22H19N3O4S2/c1-25(31(27,28)22-8-4-14-30-22)16-9-11-17(12-10-16)29-15-21(26)24-20-7-2-6-19-18(20)5-3-13-23-19/h2-14H,15H2,1H3,(H,24,26). The van der Waals surface area contributed by atoms with Crippen LogP contribution in [0.4, 0.5) is 11.4 Å². The van der Waals surface area contributed by atoms with E-state index < -0.39 is 10.0 Å². The SMILES string of the molecule is CN(c1ccc(OCC(=O)Nc2cccc3ncccc23)cc1)S(=O)(=O)c1cccs1. The Morgan fingerprint density at radius 1 is 1.06 bits per heavy atom. The number of hydrogen-bond acceptors (Lipinski definition) is 6. The molecule has 0 fully saturated rings. The zero-order chi connectivity index (χ0) is 21.8. The number of benzene rings is 2. The molecular weight excluding hydrogens is 434 g/mol. The quantitative estimate of drug-likeness (QED) is 0.454. The third-order valence-corrected chi connectivity index (χ3v) is 7.76. The molecule has 4 rings (SSSR count). The third kappa shape index (κ3) is 4.52. The molecule has 4 aromatic rings. The first-order valence-electron chi connectivity index (χ1n) is 9.34. The molecule has 2 aromatic carbocycles. The average Bonchev–Trinajstić information content (AvgIpc) is 3.34. The van der Waals surface area contributed by atoms with Crippen LogP contribution in [0.2, 0.25) is 0 Å². The highest BCUT2D eigenvalue weighted by Gasteiger charge is 2.22. The summed E-state index contributed by atoms with van der Waals surface area (Å²) in [6.45, 7) is -0.181. The van der Waals surface area contributed by atoms with Gasteiger partial charge in [0.15, 0.2) is 6.61 Å². The number of carbonyl (C=O) groups excluding carboxylic acids is 1. The van der Waals surface area contributed by atoms with Gasteiger partial charge in [0.25, 0.3) is 15.9 Å². The van der Waals surface area contributed by atoms with E-state index in [4.69, 9.17) is 4.74 Å². The summed E-state index contributed by atoms with van der Waals surface area (Å²) >= 11 is 1.17. The molecular formula is C22H19N3O4S2. The predicted molar refractivity (Wildman–Crippen MR) is 122 cm³/mol. The molecule has 1 amide bonds. The Kier molecular flexibility index (Phi) is 5.88. The van der Waals surface area contributed by atoms with Gasteiger partial charge < -0.3 is 10.1 Å². The Labute approximate surface area is 184 Å². The number of anilines is 2. The lowest BCUT2D eigenvalue weighted by molar-refractivity contribution is -0.118. The Bertz CT molecular complexity index is 1300. The summed E-state index contributed by atoms with van der Waals surface area (Å²) in [5.41, 5.74) is 1.95. The maximum Gasteiger partial charge on any atom is 0.273 e. The van der Waals surface area contributed by atoms with Crippen LogP contribution in [0.5, 0.6) is 5.75 Å². The van der Waals surface area contributed by atoms with Crippen LogP contribution in [-0.2, 0) is 14.8 Å². The number of fused-ring (bicyclic) bond motifs is 1. The van der Waals surface area contributed by atoms with Crippen LogP contribution >= 0.6 is 11.3 Å². The van der Waals surface area contributed by atoms with E-state index in [1.165, 1.54) is 22.7 Å². The molecule has 0 aliphatic carbocycles. The molecule has 0 spiro atoms. The summed E-state index contributed by atoms with van der Waals surface area (Å²) in [6.07, 6.45) is 1.70. The smallest absolute Gasteiger partial charge is 0.273 e. The first-order valence-corrected chi connectivity index (χ1v) is 11.7. The molecule has 158 valence electrons. The van der Waals surface area contributed by atoms with Crippen molar-refractivity contribution in [3.8, 4) is 5.75 Å². The minimum atomic E-state index is -3.60. The number of aromatic nitrogens is 1. The summed E-state index contributed by atoms with van der Waals surface area (Å²) in [5, 5.41) is 5.39. The number of thiophene rings is 1. The lowest BCUT2D eigenvalue weighted by Gasteiger charge is -2.18. The van der Waals surface area contributed by atoms with Gasteiger partial charge in [0.1, 0.15) is 9.96 Å². The van der Waals surface area contributed by atoms with E-state index in [-0.39, 0.29) is 16.7 Å². The zero-order valence-electron chi connectivity index (χ0n) is 16.6. The fourth-order valence-electron chi connectivity index (χ4n) is 2.98. The van der Waals surface area contributed by atoms with Gasteiger partial charge in [-0.3, -0.25) is 14.1 Å². The van der Waals surface area contributed by atoms with E-state index in [1.54, 1.807) is 54.0 Å². The molecule has 0 aliphatic heterocycles. The number of carbonyl (C=O) groups is 1. The van der Waals surface area contributed by atoms with Crippen LogP contribution in [0.25, 0.3) is 10.9 Å². The van der Waals surface area contributed by atoms with Crippen LogP contribution < -0.4 is 14.4 Å². The number of hydrogen-bond donors (Lipinski definition) is 1. The van der Waals surface area contributed by atoms with Gasteiger partial charge >= 0.3 is 0 Å². The largest absolute Gasteiger partial charge is 0.484 e. The van der Waals surface area contributed by atoms with E-state index in [0.717, 1.165) is 10.9 Å².